The first-order valence-corrected chi connectivity index (χ1v) is 9.26. The van der Waals surface area contributed by atoms with Gasteiger partial charge in [-0.3, -0.25) is 0 Å². The topological polar surface area (TPSA) is 54.5 Å². The minimum absolute atomic E-state index is 0. The molecule has 0 bridgehead atoms. The Labute approximate surface area is 154 Å². The van der Waals surface area contributed by atoms with Gasteiger partial charge in [0.2, 0.25) is 0 Å². The van der Waals surface area contributed by atoms with E-state index in [0.717, 1.165) is 0 Å². The van der Waals surface area contributed by atoms with Crippen molar-refractivity contribution < 1.29 is 21.5 Å². The highest BCUT2D eigenvalue weighted by Crippen LogP contribution is 2.16. The van der Waals surface area contributed by atoms with Crippen LogP contribution in [0.15, 0.2) is 6.33 Å². The van der Waals surface area contributed by atoms with Crippen LogP contribution in [0.1, 0.15) is 79.1 Å². The molecule has 1 rings (SSSR count). The zero-order chi connectivity index (χ0) is 16.5. The number of quaternary nitrogens is 1. The predicted octanol–water partition coefficient (Wildman–Crippen LogP) is 1.21. The summed E-state index contributed by atoms with van der Waals surface area (Å²) in [5.74, 6) is 0. The second kappa shape index (κ2) is 17.9. The number of hydrogen-bond acceptors (Lipinski definition) is 3. The minimum atomic E-state index is 0. The van der Waals surface area contributed by atoms with Crippen LogP contribution < -0.4 is 17.0 Å². The molecule has 0 saturated carbocycles. The van der Waals surface area contributed by atoms with E-state index in [9.17, 15) is 0 Å². The standard InChI is InChI=1S/C16H36N.CH2N4.BrH/c1-5-9-13-17(14-10-6-2,15-11-7-3)16-12-8-4;1-2-4-5-3-1;/h5-16H2,1-4H3;1H,(H,2,3,4,5);1H/q+1;;/p-1. The fourth-order valence-electron chi connectivity index (χ4n) is 2.77. The summed E-state index contributed by atoms with van der Waals surface area (Å²) < 4.78 is 1.42. The lowest BCUT2D eigenvalue weighted by Gasteiger charge is -2.39. The quantitative estimate of drug-likeness (QED) is 0.544. The fraction of sp³-hybridized carbons (Fsp3) is 0.941. The number of aromatic amines is 1. The molecule has 1 heterocycles. The van der Waals surface area contributed by atoms with Crippen molar-refractivity contribution in [2.24, 2.45) is 0 Å². The van der Waals surface area contributed by atoms with Gasteiger partial charge in [0.25, 0.3) is 0 Å². The lowest BCUT2D eigenvalue weighted by Crippen LogP contribution is -3.00. The molecule has 0 saturated heterocycles. The Hall–Kier alpha value is -0.490. The number of halogens is 1. The third kappa shape index (κ3) is 13.6. The molecule has 1 aromatic heterocycles. The van der Waals surface area contributed by atoms with Gasteiger partial charge < -0.3 is 21.5 Å². The molecule has 0 unspecified atom stereocenters. The van der Waals surface area contributed by atoms with Crippen LogP contribution >= 0.6 is 0 Å². The summed E-state index contributed by atoms with van der Waals surface area (Å²) in [6.07, 6.45) is 12.4. The van der Waals surface area contributed by atoms with Gasteiger partial charge in [0, 0.05) is 0 Å². The van der Waals surface area contributed by atoms with Crippen LogP contribution in [0.4, 0.5) is 0 Å². The normalized spacial score (nSPS) is 10.6. The first-order chi connectivity index (χ1) is 10.7. The van der Waals surface area contributed by atoms with Gasteiger partial charge in [0.05, 0.1) is 26.2 Å². The Balaban J connectivity index is 0. The van der Waals surface area contributed by atoms with E-state index >= 15 is 0 Å². The molecule has 0 fully saturated rings. The van der Waals surface area contributed by atoms with Crippen LogP contribution in [0.5, 0.6) is 0 Å². The number of nitrogens with zero attached hydrogens (tertiary/aromatic N) is 4. The second-order valence-electron chi connectivity index (χ2n) is 6.21. The molecule has 138 valence electrons. The van der Waals surface area contributed by atoms with Crippen molar-refractivity contribution in [2.75, 3.05) is 26.2 Å². The van der Waals surface area contributed by atoms with Crippen LogP contribution in [0, 0.1) is 0 Å². The summed E-state index contributed by atoms with van der Waals surface area (Å²) in [6.45, 7) is 15.0. The fourth-order valence-corrected chi connectivity index (χ4v) is 2.77. The predicted molar refractivity (Wildman–Crippen MR) is 93.5 cm³/mol. The van der Waals surface area contributed by atoms with Crippen molar-refractivity contribution in [1.82, 2.24) is 20.6 Å². The van der Waals surface area contributed by atoms with Crippen molar-refractivity contribution in [3.05, 3.63) is 6.33 Å². The van der Waals surface area contributed by atoms with Crippen LogP contribution in [-0.2, 0) is 0 Å². The third-order valence-corrected chi connectivity index (χ3v) is 4.21. The van der Waals surface area contributed by atoms with Crippen molar-refractivity contribution in [3.63, 3.8) is 0 Å². The van der Waals surface area contributed by atoms with Crippen LogP contribution in [0.2, 0.25) is 0 Å². The maximum absolute atomic E-state index is 3.38. The number of unbranched alkanes of at least 4 members (excludes halogenated alkanes) is 4. The summed E-state index contributed by atoms with van der Waals surface area (Å²) in [5, 5.41) is 12.2. The van der Waals surface area contributed by atoms with E-state index in [2.05, 4.69) is 48.3 Å². The SMILES string of the molecule is CCCC[N+](CCCC)(CCCC)CCCC.[Br-].c1nn[nH]n1. The van der Waals surface area contributed by atoms with Crippen LogP contribution in [0.3, 0.4) is 0 Å². The highest BCUT2D eigenvalue weighted by atomic mass is 79.9. The van der Waals surface area contributed by atoms with E-state index in [1.165, 1.54) is 88.4 Å². The van der Waals surface area contributed by atoms with Crippen molar-refractivity contribution >= 4 is 0 Å². The van der Waals surface area contributed by atoms with Gasteiger partial charge in [-0.25, -0.2) is 0 Å². The van der Waals surface area contributed by atoms with E-state index in [1.54, 1.807) is 0 Å². The van der Waals surface area contributed by atoms with Gasteiger partial charge in [-0.2, -0.15) is 5.21 Å². The number of aromatic nitrogens is 4. The molecule has 0 atom stereocenters. The van der Waals surface area contributed by atoms with E-state index in [4.69, 9.17) is 0 Å². The van der Waals surface area contributed by atoms with Gasteiger partial charge in [-0.1, -0.05) is 58.6 Å². The third-order valence-electron chi connectivity index (χ3n) is 4.21. The highest BCUT2D eigenvalue weighted by Gasteiger charge is 2.24. The second-order valence-corrected chi connectivity index (χ2v) is 6.21. The number of hydrogen-bond donors (Lipinski definition) is 1. The lowest BCUT2D eigenvalue weighted by atomic mass is 10.1. The summed E-state index contributed by atoms with van der Waals surface area (Å²) in [5.41, 5.74) is 0. The number of H-pyrrole nitrogens is 1. The van der Waals surface area contributed by atoms with E-state index in [0.29, 0.717) is 0 Å². The van der Waals surface area contributed by atoms with Gasteiger partial charge in [-0.05, 0) is 25.7 Å². The highest BCUT2D eigenvalue weighted by molar-refractivity contribution is 4.49. The number of nitrogens with one attached hydrogen (secondary N) is 1. The zero-order valence-electron chi connectivity index (χ0n) is 15.7. The monoisotopic (exact) mass is 391 g/mol. The van der Waals surface area contributed by atoms with E-state index < -0.39 is 0 Å². The Bertz CT molecular complexity index is 251. The maximum Gasteiger partial charge on any atom is 0.161 e. The van der Waals surface area contributed by atoms with Crippen molar-refractivity contribution in [2.45, 2.75) is 79.1 Å². The Kier molecular flexibility index (Phi) is 19.2. The number of rotatable bonds is 12. The first kappa shape index (κ1) is 24.8. The average Bonchev–Trinajstić information content (AvgIpc) is 3.13. The molecule has 0 amide bonds. The molecule has 0 aromatic carbocycles. The van der Waals surface area contributed by atoms with Gasteiger partial charge in [0.1, 0.15) is 0 Å². The Morgan fingerprint density at radius 1 is 0.739 bits per heavy atom. The lowest BCUT2D eigenvalue weighted by molar-refractivity contribution is -0.929. The maximum atomic E-state index is 3.38. The van der Waals surface area contributed by atoms with Gasteiger partial charge in [-0.15, -0.1) is 10.2 Å². The molecule has 0 aliphatic carbocycles. The van der Waals surface area contributed by atoms with Crippen LogP contribution in [-0.4, -0.2) is 51.3 Å². The molecular formula is C17H38BrN5. The first-order valence-electron chi connectivity index (χ1n) is 9.26. The molecule has 0 aliphatic heterocycles. The zero-order valence-corrected chi connectivity index (χ0v) is 17.3. The summed E-state index contributed by atoms with van der Waals surface area (Å²) in [6, 6.07) is 0. The van der Waals surface area contributed by atoms with Gasteiger partial charge in [0.15, 0.2) is 6.33 Å². The minimum Gasteiger partial charge on any atom is -1.00 e. The molecule has 5 nitrogen and oxygen atoms in total. The molecule has 1 N–H and O–H groups in total. The smallest absolute Gasteiger partial charge is 0.161 e. The molecule has 23 heavy (non-hydrogen) atoms. The van der Waals surface area contributed by atoms with Gasteiger partial charge >= 0.3 is 0 Å². The molecule has 1 aromatic rings. The largest absolute Gasteiger partial charge is 1.00 e. The molecular weight excluding hydrogens is 354 g/mol. The Morgan fingerprint density at radius 3 is 1.30 bits per heavy atom. The van der Waals surface area contributed by atoms with E-state index in [-0.39, 0.29) is 17.0 Å². The number of tetrazole rings is 1. The van der Waals surface area contributed by atoms with E-state index in [1.807, 2.05) is 0 Å². The average molecular weight is 392 g/mol. The summed E-state index contributed by atoms with van der Waals surface area (Å²) in [7, 11) is 0. The van der Waals surface area contributed by atoms with Crippen LogP contribution in [0.25, 0.3) is 0 Å². The molecule has 0 radical (unpaired) electrons. The molecule has 0 aliphatic rings. The Morgan fingerprint density at radius 2 is 1.13 bits per heavy atom. The van der Waals surface area contributed by atoms with Crippen molar-refractivity contribution in [3.8, 4) is 0 Å². The molecule has 0 spiro atoms. The summed E-state index contributed by atoms with van der Waals surface area (Å²) in [4.78, 5) is 0. The molecule has 6 heteroatoms. The van der Waals surface area contributed by atoms with Crippen molar-refractivity contribution in [1.29, 1.82) is 0 Å². The summed E-state index contributed by atoms with van der Waals surface area (Å²) >= 11 is 0.